The van der Waals surface area contributed by atoms with E-state index in [0.717, 1.165) is 5.69 Å². The summed E-state index contributed by atoms with van der Waals surface area (Å²) in [6.45, 7) is 1.84. The van der Waals surface area contributed by atoms with Gasteiger partial charge in [-0.1, -0.05) is 6.07 Å². The zero-order valence-electron chi connectivity index (χ0n) is 8.83. The molecule has 3 nitrogen and oxygen atoms in total. The molecule has 1 aromatic heterocycles. The molecule has 0 aliphatic carbocycles. The number of hydrogen-bond donors (Lipinski definition) is 1. The summed E-state index contributed by atoms with van der Waals surface area (Å²) < 4.78 is 13.3. The van der Waals surface area contributed by atoms with Gasteiger partial charge < -0.3 is 5.73 Å². The first kappa shape index (κ1) is 10.5. The van der Waals surface area contributed by atoms with Gasteiger partial charge in [-0.3, -0.25) is 9.78 Å². The standard InChI is InChI=1S/C12H11FN2O/c1-7-2-3-8-4-10(13)5-9(6-11(14)16)12(8)15-7/h2-5H,6H2,1H3,(H2,14,16). The second kappa shape index (κ2) is 3.89. The van der Waals surface area contributed by atoms with E-state index in [-0.39, 0.29) is 12.2 Å². The number of rotatable bonds is 2. The van der Waals surface area contributed by atoms with Crippen molar-refractivity contribution in [2.45, 2.75) is 13.3 Å². The number of amides is 1. The Morgan fingerprint density at radius 3 is 2.88 bits per heavy atom. The lowest BCUT2D eigenvalue weighted by Crippen LogP contribution is -2.14. The number of hydrogen-bond acceptors (Lipinski definition) is 2. The lowest BCUT2D eigenvalue weighted by atomic mass is 10.1. The summed E-state index contributed by atoms with van der Waals surface area (Å²) >= 11 is 0. The van der Waals surface area contributed by atoms with Gasteiger partial charge in [-0.25, -0.2) is 4.39 Å². The van der Waals surface area contributed by atoms with Gasteiger partial charge in [0, 0.05) is 11.1 Å². The van der Waals surface area contributed by atoms with Crippen LogP contribution in [-0.4, -0.2) is 10.9 Å². The van der Waals surface area contributed by atoms with Gasteiger partial charge in [0.1, 0.15) is 5.82 Å². The number of nitrogens with two attached hydrogens (primary N) is 1. The highest BCUT2D eigenvalue weighted by Gasteiger charge is 2.08. The number of carbonyl (C=O) groups excluding carboxylic acids is 1. The van der Waals surface area contributed by atoms with E-state index in [0.29, 0.717) is 16.5 Å². The van der Waals surface area contributed by atoms with Crippen LogP contribution >= 0.6 is 0 Å². The van der Waals surface area contributed by atoms with E-state index in [1.54, 1.807) is 12.1 Å². The average Bonchev–Trinajstić information content (AvgIpc) is 2.18. The molecule has 2 aromatic rings. The third kappa shape index (κ3) is 2.00. The van der Waals surface area contributed by atoms with Crippen LogP contribution in [-0.2, 0) is 11.2 Å². The number of nitrogens with zero attached hydrogens (tertiary/aromatic N) is 1. The van der Waals surface area contributed by atoms with Crippen LogP contribution in [0.25, 0.3) is 10.9 Å². The number of halogens is 1. The molecule has 82 valence electrons. The maximum atomic E-state index is 13.3. The van der Waals surface area contributed by atoms with Crippen LogP contribution in [0.15, 0.2) is 24.3 Å². The summed E-state index contributed by atoms with van der Waals surface area (Å²) in [5.41, 5.74) is 7.11. The van der Waals surface area contributed by atoms with Crippen molar-refractivity contribution in [2.75, 3.05) is 0 Å². The fourth-order valence-corrected chi connectivity index (χ4v) is 1.69. The monoisotopic (exact) mass is 218 g/mol. The molecule has 0 spiro atoms. The Labute approximate surface area is 92.1 Å². The van der Waals surface area contributed by atoms with Gasteiger partial charge in [0.15, 0.2) is 0 Å². The van der Waals surface area contributed by atoms with Gasteiger partial charge in [0.05, 0.1) is 11.9 Å². The Bertz CT molecular complexity index is 566. The molecule has 0 saturated carbocycles. The highest BCUT2D eigenvalue weighted by molar-refractivity contribution is 5.87. The quantitative estimate of drug-likeness (QED) is 0.834. The van der Waals surface area contributed by atoms with Crippen LogP contribution in [0.1, 0.15) is 11.3 Å². The molecular weight excluding hydrogens is 207 g/mol. The van der Waals surface area contributed by atoms with E-state index >= 15 is 0 Å². The van der Waals surface area contributed by atoms with Gasteiger partial charge in [0.2, 0.25) is 5.91 Å². The van der Waals surface area contributed by atoms with E-state index in [9.17, 15) is 9.18 Å². The van der Waals surface area contributed by atoms with Gasteiger partial charge in [-0.15, -0.1) is 0 Å². The van der Waals surface area contributed by atoms with Crippen molar-refractivity contribution in [2.24, 2.45) is 5.73 Å². The SMILES string of the molecule is Cc1ccc2cc(F)cc(CC(N)=O)c2n1. The van der Waals surface area contributed by atoms with E-state index in [4.69, 9.17) is 5.73 Å². The Morgan fingerprint density at radius 1 is 1.44 bits per heavy atom. The Hall–Kier alpha value is -1.97. The molecule has 0 aliphatic heterocycles. The Kier molecular flexibility index (Phi) is 2.56. The normalized spacial score (nSPS) is 10.6. The van der Waals surface area contributed by atoms with E-state index < -0.39 is 5.91 Å². The minimum atomic E-state index is -0.491. The van der Waals surface area contributed by atoms with Crippen molar-refractivity contribution >= 4 is 16.8 Å². The van der Waals surface area contributed by atoms with Gasteiger partial charge in [0.25, 0.3) is 0 Å². The van der Waals surface area contributed by atoms with Crippen molar-refractivity contribution in [3.05, 3.63) is 41.3 Å². The number of aryl methyl sites for hydroxylation is 1. The maximum absolute atomic E-state index is 13.3. The zero-order chi connectivity index (χ0) is 11.7. The largest absolute Gasteiger partial charge is 0.369 e. The molecule has 1 amide bonds. The van der Waals surface area contributed by atoms with Gasteiger partial charge in [-0.2, -0.15) is 0 Å². The first-order chi connectivity index (χ1) is 7.56. The maximum Gasteiger partial charge on any atom is 0.221 e. The van der Waals surface area contributed by atoms with Crippen LogP contribution in [0.5, 0.6) is 0 Å². The first-order valence-electron chi connectivity index (χ1n) is 4.90. The van der Waals surface area contributed by atoms with Crippen LogP contribution in [0, 0.1) is 12.7 Å². The molecule has 1 heterocycles. The molecule has 0 fully saturated rings. The third-order valence-electron chi connectivity index (χ3n) is 2.34. The number of carbonyl (C=O) groups is 1. The number of primary amides is 1. The summed E-state index contributed by atoms with van der Waals surface area (Å²) in [5, 5.41) is 0.682. The van der Waals surface area contributed by atoms with Crippen LogP contribution in [0.2, 0.25) is 0 Å². The fourth-order valence-electron chi connectivity index (χ4n) is 1.69. The minimum Gasteiger partial charge on any atom is -0.369 e. The lowest BCUT2D eigenvalue weighted by molar-refractivity contribution is -0.117. The molecule has 0 atom stereocenters. The number of benzene rings is 1. The van der Waals surface area contributed by atoms with Gasteiger partial charge >= 0.3 is 0 Å². The molecular formula is C12H11FN2O. The second-order valence-electron chi connectivity index (χ2n) is 3.73. The topological polar surface area (TPSA) is 56.0 Å². The van der Waals surface area contributed by atoms with Crippen molar-refractivity contribution in [3.8, 4) is 0 Å². The van der Waals surface area contributed by atoms with Crippen LogP contribution < -0.4 is 5.73 Å². The van der Waals surface area contributed by atoms with E-state index in [1.807, 2.05) is 6.92 Å². The Morgan fingerprint density at radius 2 is 2.19 bits per heavy atom. The number of pyridine rings is 1. The second-order valence-corrected chi connectivity index (χ2v) is 3.73. The molecule has 1 aromatic carbocycles. The summed E-state index contributed by atoms with van der Waals surface area (Å²) in [7, 11) is 0. The molecule has 0 unspecified atom stereocenters. The molecule has 0 bridgehead atoms. The predicted octanol–water partition coefficient (Wildman–Crippen LogP) is 1.71. The van der Waals surface area contributed by atoms with Gasteiger partial charge in [-0.05, 0) is 30.7 Å². The highest BCUT2D eigenvalue weighted by Crippen LogP contribution is 2.19. The summed E-state index contributed by atoms with van der Waals surface area (Å²) in [4.78, 5) is 15.2. The van der Waals surface area contributed by atoms with Crippen molar-refractivity contribution in [3.63, 3.8) is 0 Å². The summed E-state index contributed by atoms with van der Waals surface area (Å²) in [6, 6.07) is 6.28. The van der Waals surface area contributed by atoms with Crippen LogP contribution in [0.4, 0.5) is 4.39 Å². The van der Waals surface area contributed by atoms with Crippen molar-refractivity contribution in [1.82, 2.24) is 4.98 Å². The first-order valence-corrected chi connectivity index (χ1v) is 4.90. The Balaban J connectivity index is 2.69. The summed E-state index contributed by atoms with van der Waals surface area (Å²) in [5.74, 6) is -0.871. The molecule has 0 aliphatic rings. The molecule has 2 rings (SSSR count). The van der Waals surface area contributed by atoms with E-state index in [2.05, 4.69) is 4.98 Å². The van der Waals surface area contributed by atoms with Crippen molar-refractivity contribution in [1.29, 1.82) is 0 Å². The molecule has 4 heteroatoms. The molecule has 16 heavy (non-hydrogen) atoms. The molecule has 0 radical (unpaired) electrons. The smallest absolute Gasteiger partial charge is 0.221 e. The highest BCUT2D eigenvalue weighted by atomic mass is 19.1. The average molecular weight is 218 g/mol. The number of aromatic nitrogens is 1. The van der Waals surface area contributed by atoms with E-state index in [1.165, 1.54) is 12.1 Å². The zero-order valence-corrected chi connectivity index (χ0v) is 8.83. The predicted molar refractivity (Wildman–Crippen MR) is 59.3 cm³/mol. The lowest BCUT2D eigenvalue weighted by Gasteiger charge is -2.05. The summed E-state index contributed by atoms with van der Waals surface area (Å²) in [6.07, 6.45) is 0.00468. The molecule has 0 saturated heterocycles. The minimum absolute atomic E-state index is 0.00468. The fraction of sp³-hybridized carbons (Fsp3) is 0.167. The van der Waals surface area contributed by atoms with Crippen LogP contribution in [0.3, 0.4) is 0 Å². The molecule has 2 N–H and O–H groups in total. The third-order valence-corrected chi connectivity index (χ3v) is 2.34. The number of fused-ring (bicyclic) bond motifs is 1. The van der Waals surface area contributed by atoms with Crippen molar-refractivity contribution < 1.29 is 9.18 Å².